The number of esters is 1. The Balaban J connectivity index is 2.07. The summed E-state index contributed by atoms with van der Waals surface area (Å²) in [6.07, 6.45) is -2.84. The largest absolute Gasteiger partial charge is 0.462 e. The summed E-state index contributed by atoms with van der Waals surface area (Å²) in [6, 6.07) is 15.5. The van der Waals surface area contributed by atoms with Crippen molar-refractivity contribution in [3.63, 3.8) is 0 Å². The van der Waals surface area contributed by atoms with E-state index in [0.717, 1.165) is 17.7 Å². The molecule has 0 saturated heterocycles. The molecule has 3 rings (SSSR count). The zero-order valence-electron chi connectivity index (χ0n) is 14.5. The number of alkyl halides is 3. The standard InChI is InChI=1S/C21H16F3NO2/c1-2-27-20(26)18-12-16(14-6-4-3-5-7-14)13-25-19(18)15-8-10-17(11-9-15)21(22,23)24/h3-13H,2H2,1H3. The molecule has 2 aromatic carbocycles. The summed E-state index contributed by atoms with van der Waals surface area (Å²) in [4.78, 5) is 16.7. The second-order valence-corrected chi connectivity index (χ2v) is 5.78. The van der Waals surface area contributed by atoms with Crippen LogP contribution in [0.1, 0.15) is 22.8 Å². The van der Waals surface area contributed by atoms with Gasteiger partial charge in [-0.25, -0.2) is 4.79 Å². The van der Waals surface area contributed by atoms with Gasteiger partial charge < -0.3 is 4.74 Å². The molecule has 0 N–H and O–H groups in total. The number of carbonyl (C=O) groups is 1. The van der Waals surface area contributed by atoms with Crippen molar-refractivity contribution in [1.82, 2.24) is 4.98 Å². The van der Waals surface area contributed by atoms with Crippen LogP contribution in [0.2, 0.25) is 0 Å². The van der Waals surface area contributed by atoms with Crippen LogP contribution < -0.4 is 0 Å². The quantitative estimate of drug-likeness (QED) is 0.560. The number of ether oxygens (including phenoxy) is 1. The van der Waals surface area contributed by atoms with Gasteiger partial charge in [0.2, 0.25) is 0 Å². The van der Waals surface area contributed by atoms with Crippen molar-refractivity contribution >= 4 is 5.97 Å². The summed E-state index contributed by atoms with van der Waals surface area (Å²) in [5.74, 6) is -0.572. The summed E-state index contributed by atoms with van der Waals surface area (Å²) >= 11 is 0. The zero-order valence-corrected chi connectivity index (χ0v) is 14.5. The van der Waals surface area contributed by atoms with Crippen LogP contribution in [0, 0.1) is 0 Å². The molecular weight excluding hydrogens is 355 g/mol. The fourth-order valence-electron chi connectivity index (χ4n) is 2.66. The monoisotopic (exact) mass is 371 g/mol. The maximum atomic E-state index is 12.8. The summed E-state index contributed by atoms with van der Waals surface area (Å²) in [5, 5.41) is 0. The van der Waals surface area contributed by atoms with Gasteiger partial charge in [0.25, 0.3) is 0 Å². The number of aromatic nitrogens is 1. The molecule has 0 spiro atoms. The minimum Gasteiger partial charge on any atom is -0.462 e. The first-order valence-electron chi connectivity index (χ1n) is 8.30. The van der Waals surface area contributed by atoms with Crippen molar-refractivity contribution < 1.29 is 22.7 Å². The number of halogens is 3. The first kappa shape index (κ1) is 18.6. The van der Waals surface area contributed by atoms with E-state index in [1.54, 1.807) is 19.2 Å². The maximum Gasteiger partial charge on any atom is 0.416 e. The van der Waals surface area contributed by atoms with Crippen LogP contribution >= 0.6 is 0 Å². The highest BCUT2D eigenvalue weighted by atomic mass is 19.4. The Bertz CT molecular complexity index is 936. The number of pyridine rings is 1. The van der Waals surface area contributed by atoms with Crippen LogP contribution in [0.15, 0.2) is 66.9 Å². The number of hydrogen-bond donors (Lipinski definition) is 0. The van der Waals surface area contributed by atoms with E-state index in [0.29, 0.717) is 11.1 Å². The first-order valence-corrected chi connectivity index (χ1v) is 8.30. The molecule has 0 unspecified atom stereocenters. The van der Waals surface area contributed by atoms with Crippen LogP contribution in [0.3, 0.4) is 0 Å². The van der Waals surface area contributed by atoms with Gasteiger partial charge >= 0.3 is 12.1 Å². The van der Waals surface area contributed by atoms with E-state index in [2.05, 4.69) is 4.98 Å². The predicted octanol–water partition coefficient (Wildman–Crippen LogP) is 5.61. The van der Waals surface area contributed by atoms with E-state index in [1.165, 1.54) is 12.1 Å². The highest BCUT2D eigenvalue weighted by Crippen LogP contribution is 2.32. The van der Waals surface area contributed by atoms with E-state index < -0.39 is 17.7 Å². The van der Waals surface area contributed by atoms with Crippen LogP contribution in [0.4, 0.5) is 13.2 Å². The van der Waals surface area contributed by atoms with Crippen molar-refractivity contribution in [2.45, 2.75) is 13.1 Å². The number of hydrogen-bond acceptors (Lipinski definition) is 3. The smallest absolute Gasteiger partial charge is 0.416 e. The van der Waals surface area contributed by atoms with Gasteiger partial charge in [-0.3, -0.25) is 4.98 Å². The Morgan fingerprint density at radius 3 is 2.22 bits per heavy atom. The molecule has 0 bridgehead atoms. The van der Waals surface area contributed by atoms with Crippen molar-refractivity contribution in [2.24, 2.45) is 0 Å². The van der Waals surface area contributed by atoms with Gasteiger partial charge in [0.1, 0.15) is 0 Å². The van der Waals surface area contributed by atoms with Crippen molar-refractivity contribution in [3.05, 3.63) is 78.0 Å². The van der Waals surface area contributed by atoms with Gasteiger partial charge in [-0.05, 0) is 30.7 Å². The van der Waals surface area contributed by atoms with Gasteiger partial charge in [-0.1, -0.05) is 42.5 Å². The van der Waals surface area contributed by atoms with Gasteiger partial charge in [-0.2, -0.15) is 13.2 Å². The Kier molecular flexibility index (Phi) is 5.26. The molecule has 0 amide bonds. The van der Waals surface area contributed by atoms with E-state index in [-0.39, 0.29) is 17.9 Å². The van der Waals surface area contributed by atoms with Crippen LogP contribution in [-0.4, -0.2) is 17.6 Å². The second kappa shape index (κ2) is 7.61. The van der Waals surface area contributed by atoms with Crippen LogP contribution in [0.5, 0.6) is 0 Å². The normalized spacial score (nSPS) is 11.3. The SMILES string of the molecule is CCOC(=O)c1cc(-c2ccccc2)cnc1-c1ccc(C(F)(F)F)cc1. The molecule has 0 aliphatic carbocycles. The number of nitrogens with zero attached hydrogens (tertiary/aromatic N) is 1. The van der Waals surface area contributed by atoms with E-state index in [9.17, 15) is 18.0 Å². The maximum absolute atomic E-state index is 12.8. The lowest BCUT2D eigenvalue weighted by molar-refractivity contribution is -0.137. The van der Waals surface area contributed by atoms with Crippen molar-refractivity contribution in [1.29, 1.82) is 0 Å². The third-order valence-corrected chi connectivity index (χ3v) is 3.98. The fourth-order valence-corrected chi connectivity index (χ4v) is 2.66. The lowest BCUT2D eigenvalue weighted by Gasteiger charge is -2.12. The fraction of sp³-hybridized carbons (Fsp3) is 0.143. The number of carbonyl (C=O) groups excluding carboxylic acids is 1. The Hall–Kier alpha value is -3.15. The Labute approximate surface area is 154 Å². The van der Waals surface area contributed by atoms with Gasteiger partial charge in [0, 0.05) is 17.3 Å². The van der Waals surface area contributed by atoms with Crippen molar-refractivity contribution in [3.8, 4) is 22.4 Å². The van der Waals surface area contributed by atoms with Crippen LogP contribution in [-0.2, 0) is 10.9 Å². The molecule has 3 nitrogen and oxygen atoms in total. The average molecular weight is 371 g/mol. The number of rotatable bonds is 4. The topological polar surface area (TPSA) is 39.2 Å². The van der Waals surface area contributed by atoms with Gasteiger partial charge in [0.15, 0.2) is 0 Å². The summed E-state index contributed by atoms with van der Waals surface area (Å²) in [6.45, 7) is 1.87. The third-order valence-electron chi connectivity index (χ3n) is 3.98. The summed E-state index contributed by atoms with van der Waals surface area (Å²) < 4.78 is 43.4. The molecule has 6 heteroatoms. The molecule has 0 saturated carbocycles. The Morgan fingerprint density at radius 2 is 1.63 bits per heavy atom. The van der Waals surface area contributed by atoms with E-state index >= 15 is 0 Å². The van der Waals surface area contributed by atoms with E-state index in [1.807, 2.05) is 30.3 Å². The van der Waals surface area contributed by atoms with Gasteiger partial charge in [0.05, 0.1) is 23.4 Å². The van der Waals surface area contributed by atoms with Gasteiger partial charge in [-0.15, -0.1) is 0 Å². The zero-order chi connectivity index (χ0) is 19.4. The average Bonchev–Trinajstić information content (AvgIpc) is 2.68. The highest BCUT2D eigenvalue weighted by Gasteiger charge is 2.30. The van der Waals surface area contributed by atoms with Crippen molar-refractivity contribution in [2.75, 3.05) is 6.61 Å². The number of benzene rings is 2. The predicted molar refractivity (Wildman–Crippen MR) is 96.1 cm³/mol. The molecule has 0 atom stereocenters. The molecule has 1 aromatic heterocycles. The van der Waals surface area contributed by atoms with E-state index in [4.69, 9.17) is 4.74 Å². The molecule has 27 heavy (non-hydrogen) atoms. The second-order valence-electron chi connectivity index (χ2n) is 5.78. The minimum absolute atomic E-state index is 0.181. The lowest BCUT2D eigenvalue weighted by atomic mass is 10.00. The third kappa shape index (κ3) is 4.16. The molecule has 0 aliphatic rings. The first-order chi connectivity index (χ1) is 12.9. The highest BCUT2D eigenvalue weighted by molar-refractivity contribution is 5.97. The lowest BCUT2D eigenvalue weighted by Crippen LogP contribution is -2.08. The molecular formula is C21H16F3NO2. The molecule has 3 aromatic rings. The summed E-state index contributed by atoms with van der Waals surface area (Å²) in [5.41, 5.74) is 1.72. The Morgan fingerprint density at radius 1 is 0.963 bits per heavy atom. The molecule has 1 heterocycles. The summed E-state index contributed by atoms with van der Waals surface area (Å²) in [7, 11) is 0. The molecule has 0 radical (unpaired) electrons. The van der Waals surface area contributed by atoms with Crippen LogP contribution in [0.25, 0.3) is 22.4 Å². The molecule has 0 fully saturated rings. The molecule has 0 aliphatic heterocycles. The molecule has 138 valence electrons. The minimum atomic E-state index is -4.42.